The summed E-state index contributed by atoms with van der Waals surface area (Å²) in [6.07, 6.45) is 4.99. The van der Waals surface area contributed by atoms with Gasteiger partial charge in [0.25, 0.3) is 0 Å². The van der Waals surface area contributed by atoms with E-state index in [0.29, 0.717) is 32.7 Å². The predicted molar refractivity (Wildman–Crippen MR) is 135 cm³/mol. The maximum Gasteiger partial charge on any atom is 0.235 e. The number of likely N-dealkylation sites (tertiary alicyclic amines) is 1. The molecule has 1 unspecified atom stereocenters. The van der Waals surface area contributed by atoms with Crippen LogP contribution in [0.3, 0.4) is 0 Å². The van der Waals surface area contributed by atoms with Gasteiger partial charge in [-0.1, -0.05) is 19.1 Å². The maximum atomic E-state index is 13.5. The molecular weight excluding hydrogens is 428 g/mol. The Morgan fingerprint density at radius 3 is 2.47 bits per heavy atom. The molecule has 2 aliphatic heterocycles. The van der Waals surface area contributed by atoms with Crippen LogP contribution >= 0.6 is 0 Å². The second-order valence-corrected chi connectivity index (χ2v) is 9.65. The molecule has 34 heavy (non-hydrogen) atoms. The van der Waals surface area contributed by atoms with Crippen molar-refractivity contribution in [2.24, 2.45) is 5.92 Å². The Morgan fingerprint density at radius 2 is 1.79 bits per heavy atom. The van der Waals surface area contributed by atoms with E-state index in [1.807, 2.05) is 48.5 Å². The molecule has 0 saturated carbocycles. The Kier molecular flexibility index (Phi) is 8.46. The number of anilines is 1. The van der Waals surface area contributed by atoms with E-state index in [-0.39, 0.29) is 5.91 Å². The van der Waals surface area contributed by atoms with Crippen molar-refractivity contribution in [3.63, 3.8) is 0 Å². The van der Waals surface area contributed by atoms with Gasteiger partial charge in [-0.05, 0) is 86.5 Å². The highest BCUT2D eigenvalue weighted by Crippen LogP contribution is 2.37. The molecule has 0 radical (unpaired) electrons. The van der Waals surface area contributed by atoms with Gasteiger partial charge < -0.3 is 24.4 Å². The highest BCUT2D eigenvalue weighted by Gasteiger charge is 2.41. The van der Waals surface area contributed by atoms with Gasteiger partial charge >= 0.3 is 0 Å². The molecule has 0 spiro atoms. The van der Waals surface area contributed by atoms with E-state index in [0.717, 1.165) is 41.6 Å². The van der Waals surface area contributed by atoms with E-state index in [4.69, 9.17) is 14.2 Å². The molecule has 1 amide bonds. The molecule has 0 aromatic heterocycles. The number of methoxy groups -OCH3 is 1. The molecule has 0 bridgehead atoms. The van der Waals surface area contributed by atoms with Gasteiger partial charge in [-0.25, -0.2) is 0 Å². The lowest BCUT2D eigenvalue weighted by Crippen LogP contribution is -2.44. The molecule has 2 heterocycles. The molecule has 1 N–H and O–H groups in total. The zero-order valence-corrected chi connectivity index (χ0v) is 20.6. The van der Waals surface area contributed by atoms with E-state index in [2.05, 4.69) is 17.1 Å². The second-order valence-electron chi connectivity index (χ2n) is 9.65. The largest absolute Gasteiger partial charge is 0.497 e. The minimum absolute atomic E-state index is 0.00500. The molecule has 2 aromatic rings. The van der Waals surface area contributed by atoms with Gasteiger partial charge in [0, 0.05) is 32.0 Å². The van der Waals surface area contributed by atoms with Crippen LogP contribution in [0.15, 0.2) is 48.5 Å². The molecule has 6 nitrogen and oxygen atoms in total. The standard InChI is InChI=1S/C28H38N2O4/c1-22-5-3-16-30(21-22)17-4-18-34-26-12-8-24(9-13-26)29-27(31)28(14-19-33-20-15-28)23-6-10-25(32-2)11-7-23/h6-13,22H,3-5,14-21H2,1-2H3,(H,29,31). The maximum absolute atomic E-state index is 13.5. The van der Waals surface area contributed by atoms with Gasteiger partial charge in [0.15, 0.2) is 0 Å². The molecule has 184 valence electrons. The van der Waals surface area contributed by atoms with Crippen molar-refractivity contribution >= 4 is 11.6 Å². The first-order chi connectivity index (χ1) is 16.6. The summed E-state index contributed by atoms with van der Waals surface area (Å²) < 4.78 is 16.8. The van der Waals surface area contributed by atoms with E-state index in [9.17, 15) is 4.79 Å². The lowest BCUT2D eigenvalue weighted by Gasteiger charge is -2.36. The number of benzene rings is 2. The van der Waals surface area contributed by atoms with Gasteiger partial charge in [0.1, 0.15) is 11.5 Å². The number of amides is 1. The lowest BCUT2D eigenvalue weighted by molar-refractivity contribution is -0.125. The van der Waals surface area contributed by atoms with Crippen LogP contribution in [0, 0.1) is 5.92 Å². The molecule has 6 heteroatoms. The summed E-state index contributed by atoms with van der Waals surface area (Å²) in [5, 5.41) is 3.13. The van der Waals surface area contributed by atoms with Gasteiger partial charge in [-0.15, -0.1) is 0 Å². The summed E-state index contributed by atoms with van der Waals surface area (Å²) in [6.45, 7) is 7.70. The van der Waals surface area contributed by atoms with Crippen LogP contribution in [-0.4, -0.2) is 57.4 Å². The van der Waals surface area contributed by atoms with E-state index in [1.165, 1.54) is 25.9 Å². The molecule has 2 aromatic carbocycles. The number of nitrogens with zero attached hydrogens (tertiary/aromatic N) is 1. The molecule has 2 aliphatic rings. The minimum atomic E-state index is -0.606. The molecule has 2 fully saturated rings. The minimum Gasteiger partial charge on any atom is -0.497 e. The molecule has 4 rings (SSSR count). The molecule has 2 saturated heterocycles. The van der Waals surface area contributed by atoms with Crippen molar-refractivity contribution in [2.45, 2.75) is 44.4 Å². The fourth-order valence-electron chi connectivity index (χ4n) is 5.13. The third kappa shape index (κ3) is 6.10. The predicted octanol–water partition coefficient (Wildman–Crippen LogP) is 4.88. The molecule has 0 aliphatic carbocycles. The number of rotatable bonds is 9. The third-order valence-corrected chi connectivity index (χ3v) is 7.16. The summed E-state index contributed by atoms with van der Waals surface area (Å²) in [7, 11) is 1.65. The third-order valence-electron chi connectivity index (χ3n) is 7.16. The van der Waals surface area contributed by atoms with Gasteiger partial charge in [0.2, 0.25) is 5.91 Å². The summed E-state index contributed by atoms with van der Waals surface area (Å²) in [4.78, 5) is 16.0. The Morgan fingerprint density at radius 1 is 1.09 bits per heavy atom. The van der Waals surface area contributed by atoms with Crippen molar-refractivity contribution in [1.29, 1.82) is 0 Å². The number of hydrogen-bond donors (Lipinski definition) is 1. The number of ether oxygens (including phenoxy) is 3. The average Bonchev–Trinajstić information content (AvgIpc) is 2.88. The summed E-state index contributed by atoms with van der Waals surface area (Å²) in [5.74, 6) is 2.43. The normalized spacial score (nSPS) is 20.5. The van der Waals surface area contributed by atoms with Crippen molar-refractivity contribution in [2.75, 3.05) is 51.9 Å². The van der Waals surface area contributed by atoms with Crippen LogP contribution in [-0.2, 0) is 14.9 Å². The van der Waals surface area contributed by atoms with Crippen LogP contribution in [0.2, 0.25) is 0 Å². The van der Waals surface area contributed by atoms with Gasteiger partial charge in [0.05, 0.1) is 19.1 Å². The first-order valence-corrected chi connectivity index (χ1v) is 12.6. The lowest BCUT2D eigenvalue weighted by atomic mass is 9.73. The zero-order chi connectivity index (χ0) is 23.8. The fraction of sp³-hybridized carbons (Fsp3) is 0.536. The van der Waals surface area contributed by atoms with Crippen LogP contribution in [0.5, 0.6) is 11.5 Å². The topological polar surface area (TPSA) is 60.0 Å². The monoisotopic (exact) mass is 466 g/mol. The van der Waals surface area contributed by atoms with Gasteiger partial charge in [-0.2, -0.15) is 0 Å². The van der Waals surface area contributed by atoms with Crippen LogP contribution in [0.4, 0.5) is 5.69 Å². The Hall–Kier alpha value is -2.57. The highest BCUT2D eigenvalue weighted by atomic mass is 16.5. The van der Waals surface area contributed by atoms with E-state index in [1.54, 1.807) is 7.11 Å². The number of piperidine rings is 1. The molecular formula is C28H38N2O4. The van der Waals surface area contributed by atoms with Crippen LogP contribution in [0.1, 0.15) is 44.6 Å². The number of carbonyl (C=O) groups is 1. The quantitative estimate of drug-likeness (QED) is 0.534. The smallest absolute Gasteiger partial charge is 0.235 e. The average molecular weight is 467 g/mol. The summed E-state index contributed by atoms with van der Waals surface area (Å²) in [6, 6.07) is 15.5. The highest BCUT2D eigenvalue weighted by molar-refractivity contribution is 5.99. The fourth-order valence-corrected chi connectivity index (χ4v) is 5.13. The van der Waals surface area contributed by atoms with Crippen molar-refractivity contribution in [3.8, 4) is 11.5 Å². The SMILES string of the molecule is COc1ccc(C2(C(=O)Nc3ccc(OCCCN4CCCC(C)C4)cc3)CCOCC2)cc1. The van der Waals surface area contributed by atoms with Crippen LogP contribution in [0.25, 0.3) is 0 Å². The summed E-state index contributed by atoms with van der Waals surface area (Å²) in [5.41, 5.74) is 1.17. The van der Waals surface area contributed by atoms with Crippen molar-refractivity contribution in [1.82, 2.24) is 4.90 Å². The Balaban J connectivity index is 1.31. The Bertz CT molecular complexity index is 907. The first-order valence-electron chi connectivity index (χ1n) is 12.6. The zero-order valence-electron chi connectivity index (χ0n) is 20.6. The van der Waals surface area contributed by atoms with E-state index < -0.39 is 5.41 Å². The van der Waals surface area contributed by atoms with E-state index >= 15 is 0 Å². The number of hydrogen-bond acceptors (Lipinski definition) is 5. The summed E-state index contributed by atoms with van der Waals surface area (Å²) >= 11 is 0. The van der Waals surface area contributed by atoms with Crippen molar-refractivity contribution < 1.29 is 19.0 Å². The van der Waals surface area contributed by atoms with Crippen molar-refractivity contribution in [3.05, 3.63) is 54.1 Å². The first kappa shape index (κ1) is 24.6. The van der Waals surface area contributed by atoms with Gasteiger partial charge in [-0.3, -0.25) is 4.79 Å². The Labute approximate surface area is 203 Å². The molecule has 1 atom stereocenters. The van der Waals surface area contributed by atoms with Crippen LogP contribution < -0.4 is 14.8 Å². The number of nitrogens with one attached hydrogen (secondary N) is 1. The number of carbonyl (C=O) groups excluding carboxylic acids is 1. The second kappa shape index (κ2) is 11.7.